The van der Waals surface area contributed by atoms with Crippen molar-refractivity contribution < 1.29 is 14.4 Å². The van der Waals surface area contributed by atoms with E-state index in [4.69, 9.17) is 9.47 Å². The lowest BCUT2D eigenvalue weighted by molar-refractivity contribution is -0.526. The second-order valence-electron chi connectivity index (χ2n) is 4.51. The fourth-order valence-corrected chi connectivity index (χ4v) is 2.53. The number of fused-ring (bicyclic) bond motifs is 1. The average molecular weight is 247 g/mol. The molecule has 0 spiro atoms. The second-order valence-corrected chi connectivity index (χ2v) is 4.51. The summed E-state index contributed by atoms with van der Waals surface area (Å²) in [6, 6.07) is 5.04. The van der Waals surface area contributed by atoms with E-state index in [0.717, 1.165) is 5.56 Å². The number of nitrogens with zero attached hydrogens (tertiary/aromatic N) is 1. The number of allylic oxidation sites excluding steroid dienone is 1. The van der Waals surface area contributed by atoms with Crippen molar-refractivity contribution in [2.75, 3.05) is 6.79 Å². The number of nitro groups is 1. The Morgan fingerprint density at radius 1 is 1.17 bits per heavy atom. The van der Waals surface area contributed by atoms with Gasteiger partial charge in [-0.2, -0.15) is 0 Å². The Labute approximate surface area is 104 Å². The molecule has 0 fully saturated rings. The minimum Gasteiger partial charge on any atom is -0.454 e. The molecule has 1 aromatic carbocycles. The number of benzene rings is 1. The highest BCUT2D eigenvalue weighted by Gasteiger charge is 2.33. The zero-order chi connectivity index (χ0) is 12.5. The van der Waals surface area contributed by atoms with Crippen LogP contribution in [0.2, 0.25) is 0 Å². The van der Waals surface area contributed by atoms with Gasteiger partial charge in [0.05, 0.1) is 5.92 Å². The van der Waals surface area contributed by atoms with Gasteiger partial charge in [-0.15, -0.1) is 0 Å². The first-order valence-corrected chi connectivity index (χ1v) is 5.94. The van der Waals surface area contributed by atoms with E-state index in [2.05, 4.69) is 0 Å². The normalized spacial score (nSPS) is 25.1. The smallest absolute Gasteiger partial charge is 0.231 e. The Morgan fingerprint density at radius 3 is 2.78 bits per heavy atom. The standard InChI is InChI=1S/C13H13NO4/c15-14(16)11-4-2-1-3-10(11)9-5-6-12-13(7-9)18-8-17-12/h1-2,5-7,10-11H,3-4,8H2. The third-order valence-electron chi connectivity index (χ3n) is 3.49. The predicted molar refractivity (Wildman–Crippen MR) is 64.5 cm³/mol. The maximum Gasteiger partial charge on any atom is 0.231 e. The van der Waals surface area contributed by atoms with Gasteiger partial charge in [-0.3, -0.25) is 10.1 Å². The quantitative estimate of drug-likeness (QED) is 0.457. The van der Waals surface area contributed by atoms with Crippen LogP contribution in [0.15, 0.2) is 30.4 Å². The van der Waals surface area contributed by atoms with Crippen molar-refractivity contribution >= 4 is 0 Å². The van der Waals surface area contributed by atoms with E-state index in [0.29, 0.717) is 24.3 Å². The molecule has 18 heavy (non-hydrogen) atoms. The third-order valence-corrected chi connectivity index (χ3v) is 3.49. The summed E-state index contributed by atoms with van der Waals surface area (Å²) in [6.45, 7) is 0.224. The molecule has 0 bridgehead atoms. The molecule has 0 saturated heterocycles. The number of hydrogen-bond acceptors (Lipinski definition) is 4. The highest BCUT2D eigenvalue weighted by atomic mass is 16.7. The first-order valence-electron chi connectivity index (χ1n) is 5.94. The van der Waals surface area contributed by atoms with Crippen LogP contribution in [0.4, 0.5) is 0 Å². The molecule has 0 amide bonds. The molecule has 94 valence electrons. The van der Waals surface area contributed by atoms with E-state index in [1.54, 1.807) is 0 Å². The molecule has 1 aromatic rings. The molecule has 1 aliphatic carbocycles. The molecule has 2 unspecified atom stereocenters. The fourth-order valence-electron chi connectivity index (χ4n) is 2.53. The summed E-state index contributed by atoms with van der Waals surface area (Å²) in [5.41, 5.74) is 0.949. The van der Waals surface area contributed by atoms with Crippen LogP contribution in [0.5, 0.6) is 11.5 Å². The first-order chi connectivity index (χ1) is 8.75. The third kappa shape index (κ3) is 1.81. The van der Waals surface area contributed by atoms with Gasteiger partial charge in [0.2, 0.25) is 12.8 Å². The summed E-state index contributed by atoms with van der Waals surface area (Å²) >= 11 is 0. The Balaban J connectivity index is 1.93. The van der Waals surface area contributed by atoms with Crippen LogP contribution < -0.4 is 9.47 Å². The summed E-state index contributed by atoms with van der Waals surface area (Å²) in [7, 11) is 0. The highest BCUT2D eigenvalue weighted by Crippen LogP contribution is 2.38. The van der Waals surface area contributed by atoms with Gasteiger partial charge in [0.1, 0.15) is 0 Å². The van der Waals surface area contributed by atoms with Crippen molar-refractivity contribution in [1.29, 1.82) is 0 Å². The summed E-state index contributed by atoms with van der Waals surface area (Å²) in [5, 5.41) is 11.1. The zero-order valence-corrected chi connectivity index (χ0v) is 9.74. The van der Waals surface area contributed by atoms with Gasteiger partial charge in [0.25, 0.3) is 0 Å². The van der Waals surface area contributed by atoms with Gasteiger partial charge in [-0.25, -0.2) is 0 Å². The molecule has 2 atom stereocenters. The van der Waals surface area contributed by atoms with E-state index < -0.39 is 6.04 Å². The van der Waals surface area contributed by atoms with Crippen LogP contribution >= 0.6 is 0 Å². The van der Waals surface area contributed by atoms with Crippen molar-refractivity contribution in [3.05, 3.63) is 46.0 Å². The maximum absolute atomic E-state index is 11.1. The zero-order valence-electron chi connectivity index (χ0n) is 9.74. The topological polar surface area (TPSA) is 61.6 Å². The maximum atomic E-state index is 11.1. The molecule has 2 aliphatic rings. The Bertz CT molecular complexity index is 512. The van der Waals surface area contributed by atoms with Crippen molar-refractivity contribution in [3.63, 3.8) is 0 Å². The Hall–Kier alpha value is -2.04. The van der Waals surface area contributed by atoms with E-state index in [-0.39, 0.29) is 17.6 Å². The van der Waals surface area contributed by atoms with Crippen molar-refractivity contribution in [1.82, 2.24) is 0 Å². The molecule has 1 heterocycles. The van der Waals surface area contributed by atoms with E-state index in [1.807, 2.05) is 30.4 Å². The molecule has 5 heteroatoms. The van der Waals surface area contributed by atoms with Gasteiger partial charge >= 0.3 is 0 Å². The summed E-state index contributed by atoms with van der Waals surface area (Å²) < 4.78 is 10.6. The van der Waals surface area contributed by atoms with Crippen molar-refractivity contribution in [2.24, 2.45) is 0 Å². The summed E-state index contributed by atoms with van der Waals surface area (Å²) in [4.78, 5) is 10.9. The minimum atomic E-state index is -0.546. The molecule has 5 nitrogen and oxygen atoms in total. The van der Waals surface area contributed by atoms with E-state index in [1.165, 1.54) is 0 Å². The predicted octanol–water partition coefficient (Wildman–Crippen LogP) is 2.49. The Morgan fingerprint density at radius 2 is 1.94 bits per heavy atom. The molecular formula is C13H13NO4. The fraction of sp³-hybridized carbons (Fsp3) is 0.385. The van der Waals surface area contributed by atoms with Crippen LogP contribution in [0, 0.1) is 10.1 Å². The van der Waals surface area contributed by atoms with Crippen LogP contribution in [0.1, 0.15) is 24.3 Å². The average Bonchev–Trinajstić information content (AvgIpc) is 2.85. The minimum absolute atomic E-state index is 0.0838. The first kappa shape index (κ1) is 11.1. The van der Waals surface area contributed by atoms with Gasteiger partial charge in [0, 0.05) is 11.3 Å². The molecule has 0 saturated carbocycles. The molecule has 0 N–H and O–H groups in total. The largest absolute Gasteiger partial charge is 0.454 e. The summed E-state index contributed by atoms with van der Waals surface area (Å²) in [6.07, 6.45) is 5.09. The van der Waals surface area contributed by atoms with Crippen LogP contribution in [0.25, 0.3) is 0 Å². The molecule has 1 aliphatic heterocycles. The van der Waals surface area contributed by atoms with Crippen LogP contribution in [0.3, 0.4) is 0 Å². The van der Waals surface area contributed by atoms with Gasteiger partial charge < -0.3 is 9.47 Å². The van der Waals surface area contributed by atoms with Gasteiger partial charge in [-0.1, -0.05) is 18.2 Å². The highest BCUT2D eigenvalue weighted by molar-refractivity contribution is 5.45. The van der Waals surface area contributed by atoms with E-state index >= 15 is 0 Å². The van der Waals surface area contributed by atoms with Crippen molar-refractivity contribution in [3.8, 4) is 11.5 Å². The second kappa shape index (κ2) is 4.33. The number of hydrogen-bond donors (Lipinski definition) is 0. The number of ether oxygens (including phenoxy) is 2. The van der Waals surface area contributed by atoms with Gasteiger partial charge in [-0.05, 0) is 24.1 Å². The Kier molecular flexibility index (Phi) is 2.66. The van der Waals surface area contributed by atoms with Crippen LogP contribution in [-0.4, -0.2) is 17.8 Å². The number of rotatable bonds is 2. The molecular weight excluding hydrogens is 234 g/mol. The molecule has 0 radical (unpaired) electrons. The lowest BCUT2D eigenvalue weighted by Gasteiger charge is -2.22. The molecule has 3 rings (SSSR count). The lowest BCUT2D eigenvalue weighted by Crippen LogP contribution is -2.28. The molecule has 0 aromatic heterocycles. The van der Waals surface area contributed by atoms with Crippen LogP contribution in [-0.2, 0) is 0 Å². The van der Waals surface area contributed by atoms with Gasteiger partial charge in [0.15, 0.2) is 11.5 Å². The SMILES string of the molecule is O=[N+]([O-])C1CC=CCC1c1ccc2c(c1)OCO2. The van der Waals surface area contributed by atoms with E-state index in [9.17, 15) is 10.1 Å². The van der Waals surface area contributed by atoms with Crippen molar-refractivity contribution in [2.45, 2.75) is 24.8 Å². The monoisotopic (exact) mass is 247 g/mol. The lowest BCUT2D eigenvalue weighted by atomic mass is 9.83. The summed E-state index contributed by atoms with van der Waals surface area (Å²) in [5.74, 6) is 1.31.